The Kier molecular flexibility index (Phi) is 3.93. The number of pyridine rings is 1. The Labute approximate surface area is 129 Å². The van der Waals surface area contributed by atoms with Crippen molar-refractivity contribution in [1.29, 1.82) is 0 Å². The monoisotopic (exact) mass is 300 g/mol. The van der Waals surface area contributed by atoms with Crippen molar-refractivity contribution in [3.63, 3.8) is 0 Å². The molecule has 21 heavy (non-hydrogen) atoms. The SMILES string of the molecule is O=C(NCC1(c2ccccc2)CCC1)c1ccnc(Cl)c1. The fourth-order valence-electron chi connectivity index (χ4n) is 2.86. The standard InChI is InChI=1S/C17H17ClN2O/c18-15-11-13(7-10-19-15)16(21)20-12-17(8-4-9-17)14-5-2-1-3-6-14/h1-3,5-7,10-11H,4,8-9,12H2,(H,20,21). The summed E-state index contributed by atoms with van der Waals surface area (Å²) in [6.07, 6.45) is 5.00. The molecule has 1 heterocycles. The average molecular weight is 301 g/mol. The van der Waals surface area contributed by atoms with Gasteiger partial charge >= 0.3 is 0 Å². The van der Waals surface area contributed by atoms with Crippen LogP contribution in [0.2, 0.25) is 5.15 Å². The number of hydrogen-bond acceptors (Lipinski definition) is 2. The van der Waals surface area contributed by atoms with E-state index in [1.807, 2.05) is 6.07 Å². The van der Waals surface area contributed by atoms with Crippen LogP contribution in [0.5, 0.6) is 0 Å². The largest absolute Gasteiger partial charge is 0.351 e. The summed E-state index contributed by atoms with van der Waals surface area (Å²) in [5.41, 5.74) is 1.95. The number of benzene rings is 1. The van der Waals surface area contributed by atoms with Crippen molar-refractivity contribution in [1.82, 2.24) is 10.3 Å². The maximum atomic E-state index is 12.2. The van der Waals surface area contributed by atoms with Crippen molar-refractivity contribution in [2.24, 2.45) is 0 Å². The molecule has 0 atom stereocenters. The van der Waals surface area contributed by atoms with Crippen LogP contribution in [-0.4, -0.2) is 17.4 Å². The highest BCUT2D eigenvalue weighted by Crippen LogP contribution is 2.43. The molecule has 4 heteroatoms. The van der Waals surface area contributed by atoms with Crippen LogP contribution in [0.4, 0.5) is 0 Å². The van der Waals surface area contributed by atoms with Crippen LogP contribution >= 0.6 is 11.6 Å². The maximum absolute atomic E-state index is 12.2. The minimum atomic E-state index is -0.0958. The van der Waals surface area contributed by atoms with E-state index in [1.165, 1.54) is 12.0 Å². The van der Waals surface area contributed by atoms with Crippen molar-refractivity contribution in [2.75, 3.05) is 6.54 Å². The third kappa shape index (κ3) is 2.93. The Bertz CT molecular complexity index is 638. The molecule has 1 aromatic heterocycles. The molecule has 1 aliphatic carbocycles. The first-order chi connectivity index (χ1) is 10.2. The molecule has 0 aliphatic heterocycles. The van der Waals surface area contributed by atoms with Crippen LogP contribution in [0.25, 0.3) is 0 Å². The number of nitrogens with one attached hydrogen (secondary N) is 1. The highest BCUT2D eigenvalue weighted by molar-refractivity contribution is 6.29. The van der Waals surface area contributed by atoms with Crippen LogP contribution in [0.3, 0.4) is 0 Å². The first-order valence-electron chi connectivity index (χ1n) is 7.15. The van der Waals surface area contributed by atoms with E-state index in [-0.39, 0.29) is 11.3 Å². The van der Waals surface area contributed by atoms with Crippen molar-refractivity contribution in [3.05, 3.63) is 64.9 Å². The van der Waals surface area contributed by atoms with Gasteiger partial charge in [0.05, 0.1) is 0 Å². The van der Waals surface area contributed by atoms with Gasteiger partial charge in [-0.2, -0.15) is 0 Å². The van der Waals surface area contributed by atoms with Gasteiger partial charge in [-0.05, 0) is 30.5 Å². The van der Waals surface area contributed by atoms with Crippen LogP contribution in [0.1, 0.15) is 35.2 Å². The second kappa shape index (κ2) is 5.86. The van der Waals surface area contributed by atoms with Crippen LogP contribution in [-0.2, 0) is 5.41 Å². The lowest BCUT2D eigenvalue weighted by Gasteiger charge is -2.42. The quantitative estimate of drug-likeness (QED) is 0.877. The van der Waals surface area contributed by atoms with Gasteiger partial charge in [0.15, 0.2) is 0 Å². The van der Waals surface area contributed by atoms with E-state index in [2.05, 4.69) is 34.6 Å². The molecule has 1 saturated carbocycles. The van der Waals surface area contributed by atoms with E-state index in [0.29, 0.717) is 17.3 Å². The zero-order chi connectivity index (χ0) is 14.7. The number of aromatic nitrogens is 1. The number of rotatable bonds is 4. The number of halogens is 1. The third-order valence-corrected chi connectivity index (χ3v) is 4.48. The van der Waals surface area contributed by atoms with E-state index in [1.54, 1.807) is 18.3 Å². The van der Waals surface area contributed by atoms with Gasteiger partial charge in [-0.1, -0.05) is 48.4 Å². The molecule has 1 fully saturated rings. The third-order valence-electron chi connectivity index (χ3n) is 4.27. The molecule has 1 aliphatic rings. The van der Waals surface area contributed by atoms with E-state index in [4.69, 9.17) is 11.6 Å². The number of hydrogen-bond donors (Lipinski definition) is 1. The second-order valence-corrected chi connectivity index (χ2v) is 5.94. The molecule has 1 N–H and O–H groups in total. The number of carbonyl (C=O) groups excluding carboxylic acids is 1. The summed E-state index contributed by atoms with van der Waals surface area (Å²) in [4.78, 5) is 16.1. The summed E-state index contributed by atoms with van der Waals surface area (Å²) in [6.45, 7) is 0.662. The van der Waals surface area contributed by atoms with Gasteiger partial charge < -0.3 is 5.32 Å². The smallest absolute Gasteiger partial charge is 0.251 e. The van der Waals surface area contributed by atoms with Gasteiger partial charge in [0.1, 0.15) is 5.15 Å². The van der Waals surface area contributed by atoms with Crippen molar-refractivity contribution < 1.29 is 4.79 Å². The predicted molar refractivity (Wildman–Crippen MR) is 83.6 cm³/mol. The lowest BCUT2D eigenvalue weighted by molar-refractivity contribution is 0.0927. The van der Waals surface area contributed by atoms with Crippen molar-refractivity contribution in [2.45, 2.75) is 24.7 Å². The Morgan fingerprint density at radius 3 is 2.62 bits per heavy atom. The highest BCUT2D eigenvalue weighted by atomic mass is 35.5. The Balaban J connectivity index is 1.70. The summed E-state index contributed by atoms with van der Waals surface area (Å²) in [7, 11) is 0. The van der Waals surface area contributed by atoms with Crippen molar-refractivity contribution >= 4 is 17.5 Å². The Hall–Kier alpha value is -1.87. The minimum Gasteiger partial charge on any atom is -0.351 e. The first kappa shape index (κ1) is 14.1. The molecular formula is C17H17ClN2O. The molecule has 3 rings (SSSR count). The molecule has 2 aromatic rings. The molecular weight excluding hydrogens is 284 g/mol. The number of nitrogens with zero attached hydrogens (tertiary/aromatic N) is 1. The molecule has 1 amide bonds. The molecule has 0 bridgehead atoms. The summed E-state index contributed by atoms with van der Waals surface area (Å²) >= 11 is 5.82. The molecule has 0 radical (unpaired) electrons. The summed E-state index contributed by atoms with van der Waals surface area (Å²) < 4.78 is 0. The predicted octanol–water partition coefficient (Wildman–Crippen LogP) is 3.59. The van der Waals surface area contributed by atoms with Crippen LogP contribution in [0, 0.1) is 0 Å². The number of carbonyl (C=O) groups is 1. The zero-order valence-corrected chi connectivity index (χ0v) is 12.4. The normalized spacial score (nSPS) is 16.0. The topological polar surface area (TPSA) is 42.0 Å². The summed E-state index contributed by atoms with van der Waals surface area (Å²) in [6, 6.07) is 13.7. The number of amides is 1. The zero-order valence-electron chi connectivity index (χ0n) is 11.7. The maximum Gasteiger partial charge on any atom is 0.251 e. The minimum absolute atomic E-state index is 0.0910. The van der Waals surface area contributed by atoms with Gasteiger partial charge in [0.2, 0.25) is 0 Å². The van der Waals surface area contributed by atoms with E-state index >= 15 is 0 Å². The van der Waals surface area contributed by atoms with Gasteiger partial charge in [0.25, 0.3) is 5.91 Å². The van der Waals surface area contributed by atoms with Crippen LogP contribution < -0.4 is 5.32 Å². The Morgan fingerprint density at radius 1 is 1.24 bits per heavy atom. The van der Waals surface area contributed by atoms with Gasteiger partial charge in [-0.3, -0.25) is 4.79 Å². The molecule has 0 spiro atoms. The highest BCUT2D eigenvalue weighted by Gasteiger charge is 2.38. The van der Waals surface area contributed by atoms with Gasteiger partial charge in [0, 0.05) is 23.7 Å². The lowest BCUT2D eigenvalue weighted by atomic mass is 9.64. The summed E-state index contributed by atoms with van der Waals surface area (Å²) in [5, 5.41) is 3.38. The second-order valence-electron chi connectivity index (χ2n) is 5.55. The molecule has 0 unspecified atom stereocenters. The molecule has 108 valence electrons. The van der Waals surface area contributed by atoms with E-state index in [0.717, 1.165) is 12.8 Å². The van der Waals surface area contributed by atoms with Gasteiger partial charge in [-0.25, -0.2) is 4.98 Å². The average Bonchev–Trinajstić information content (AvgIpc) is 2.47. The molecule has 1 aromatic carbocycles. The van der Waals surface area contributed by atoms with E-state index in [9.17, 15) is 4.79 Å². The van der Waals surface area contributed by atoms with Crippen LogP contribution in [0.15, 0.2) is 48.7 Å². The fraction of sp³-hybridized carbons (Fsp3) is 0.294. The fourth-order valence-corrected chi connectivity index (χ4v) is 3.03. The van der Waals surface area contributed by atoms with E-state index < -0.39 is 0 Å². The van der Waals surface area contributed by atoms with Crippen molar-refractivity contribution in [3.8, 4) is 0 Å². The molecule has 0 saturated heterocycles. The molecule has 3 nitrogen and oxygen atoms in total. The Morgan fingerprint density at radius 2 is 2.00 bits per heavy atom. The first-order valence-corrected chi connectivity index (χ1v) is 7.53. The van der Waals surface area contributed by atoms with Gasteiger partial charge in [-0.15, -0.1) is 0 Å². The lowest BCUT2D eigenvalue weighted by Crippen LogP contribution is -2.45. The summed E-state index contributed by atoms with van der Waals surface area (Å²) in [5.74, 6) is -0.0958.